The van der Waals surface area contributed by atoms with Crippen LogP contribution in [0.1, 0.15) is 55.1 Å². The fraction of sp³-hybridized carbons (Fsp3) is 0.500. The van der Waals surface area contributed by atoms with Crippen LogP contribution in [0.3, 0.4) is 0 Å². The lowest BCUT2D eigenvalue weighted by molar-refractivity contribution is 0.288. The monoisotopic (exact) mass is 312 g/mol. The molecule has 5 nitrogen and oxygen atoms in total. The Balaban J connectivity index is 2.07. The SMILES string of the molecule is CCCCCCn1nnc(C#N)c1COc1cccc(C)c1C. The zero-order valence-corrected chi connectivity index (χ0v) is 14.2. The molecule has 23 heavy (non-hydrogen) atoms. The Kier molecular flexibility index (Phi) is 6.16. The van der Waals surface area contributed by atoms with Crippen LogP contribution in [0, 0.1) is 25.2 Å². The van der Waals surface area contributed by atoms with Crippen molar-refractivity contribution in [2.45, 2.75) is 59.6 Å². The van der Waals surface area contributed by atoms with E-state index in [1.807, 2.05) is 19.1 Å². The summed E-state index contributed by atoms with van der Waals surface area (Å²) in [5.41, 5.74) is 3.41. The summed E-state index contributed by atoms with van der Waals surface area (Å²) < 4.78 is 7.73. The van der Waals surface area contributed by atoms with E-state index < -0.39 is 0 Å². The lowest BCUT2D eigenvalue weighted by Gasteiger charge is -2.12. The summed E-state index contributed by atoms with van der Waals surface area (Å²) >= 11 is 0. The molecule has 0 unspecified atom stereocenters. The summed E-state index contributed by atoms with van der Waals surface area (Å²) in [6, 6.07) is 8.09. The molecule has 0 spiro atoms. The minimum absolute atomic E-state index is 0.313. The van der Waals surface area contributed by atoms with Gasteiger partial charge in [0.2, 0.25) is 0 Å². The van der Waals surface area contributed by atoms with Crippen LogP contribution in [0.15, 0.2) is 18.2 Å². The van der Waals surface area contributed by atoms with E-state index in [9.17, 15) is 5.26 Å². The molecule has 5 heteroatoms. The number of benzene rings is 1. The minimum atomic E-state index is 0.313. The van der Waals surface area contributed by atoms with Gasteiger partial charge < -0.3 is 4.74 Å². The first-order valence-electron chi connectivity index (χ1n) is 8.18. The smallest absolute Gasteiger partial charge is 0.189 e. The van der Waals surface area contributed by atoms with Gasteiger partial charge in [0, 0.05) is 6.54 Å². The first kappa shape index (κ1) is 17.0. The van der Waals surface area contributed by atoms with Gasteiger partial charge in [-0.25, -0.2) is 4.68 Å². The summed E-state index contributed by atoms with van der Waals surface area (Å²) in [5.74, 6) is 0.840. The molecule has 122 valence electrons. The number of nitriles is 1. The van der Waals surface area contributed by atoms with E-state index in [2.05, 4.69) is 36.3 Å². The standard InChI is InChI=1S/C18H24N4O/c1-4-5-6-7-11-22-17(16(12-19)20-21-22)13-23-18-10-8-9-14(2)15(18)3/h8-10H,4-7,11,13H2,1-3H3. The van der Waals surface area contributed by atoms with E-state index in [1.165, 1.54) is 18.4 Å². The number of hydrogen-bond acceptors (Lipinski definition) is 4. The number of aromatic nitrogens is 3. The van der Waals surface area contributed by atoms with Gasteiger partial charge in [0.1, 0.15) is 24.1 Å². The second-order valence-corrected chi connectivity index (χ2v) is 5.77. The van der Waals surface area contributed by atoms with E-state index in [-0.39, 0.29) is 0 Å². The summed E-state index contributed by atoms with van der Waals surface area (Å²) in [5, 5.41) is 17.3. The highest BCUT2D eigenvalue weighted by Crippen LogP contribution is 2.22. The van der Waals surface area contributed by atoms with Crippen molar-refractivity contribution in [1.29, 1.82) is 5.26 Å². The van der Waals surface area contributed by atoms with Gasteiger partial charge in [-0.1, -0.05) is 43.5 Å². The summed E-state index contributed by atoms with van der Waals surface area (Å²) in [4.78, 5) is 0. The van der Waals surface area contributed by atoms with Crippen molar-refractivity contribution in [2.75, 3.05) is 0 Å². The predicted octanol–water partition coefficient (Wildman–Crippen LogP) is 3.93. The largest absolute Gasteiger partial charge is 0.487 e. The van der Waals surface area contributed by atoms with E-state index in [0.717, 1.165) is 36.4 Å². The number of unbranched alkanes of at least 4 members (excludes halogenated alkanes) is 3. The molecule has 2 aromatic rings. The Bertz CT molecular complexity index is 685. The van der Waals surface area contributed by atoms with Crippen LogP contribution in [-0.4, -0.2) is 15.0 Å². The lowest BCUT2D eigenvalue weighted by atomic mass is 10.1. The minimum Gasteiger partial charge on any atom is -0.487 e. The number of hydrogen-bond donors (Lipinski definition) is 0. The molecule has 0 bridgehead atoms. The molecule has 0 atom stereocenters. The Morgan fingerprint density at radius 1 is 1.22 bits per heavy atom. The first-order chi connectivity index (χ1) is 11.2. The molecule has 0 radical (unpaired) electrons. The highest BCUT2D eigenvalue weighted by molar-refractivity contribution is 5.38. The third kappa shape index (κ3) is 4.32. The van der Waals surface area contributed by atoms with Crippen molar-refractivity contribution >= 4 is 0 Å². The number of nitrogens with zero attached hydrogens (tertiary/aromatic N) is 4. The van der Waals surface area contributed by atoms with Crippen LogP contribution in [-0.2, 0) is 13.2 Å². The normalized spacial score (nSPS) is 10.5. The van der Waals surface area contributed by atoms with Crippen molar-refractivity contribution in [3.63, 3.8) is 0 Å². The van der Waals surface area contributed by atoms with Crippen LogP contribution in [0.5, 0.6) is 5.75 Å². The topological polar surface area (TPSA) is 63.7 Å². The Morgan fingerprint density at radius 3 is 2.78 bits per heavy atom. The van der Waals surface area contributed by atoms with Crippen molar-refractivity contribution < 1.29 is 4.74 Å². The zero-order valence-electron chi connectivity index (χ0n) is 14.2. The number of ether oxygens (including phenoxy) is 1. The Morgan fingerprint density at radius 2 is 2.04 bits per heavy atom. The Hall–Kier alpha value is -2.35. The first-order valence-corrected chi connectivity index (χ1v) is 8.18. The average Bonchev–Trinajstić information content (AvgIpc) is 2.95. The van der Waals surface area contributed by atoms with Gasteiger partial charge in [-0.2, -0.15) is 5.26 Å². The quantitative estimate of drug-likeness (QED) is 0.693. The maximum Gasteiger partial charge on any atom is 0.189 e. The molecule has 0 aliphatic heterocycles. The van der Waals surface area contributed by atoms with Gasteiger partial charge in [0.05, 0.1) is 0 Å². The van der Waals surface area contributed by atoms with Gasteiger partial charge in [0.25, 0.3) is 0 Å². The van der Waals surface area contributed by atoms with Crippen molar-refractivity contribution in [1.82, 2.24) is 15.0 Å². The highest BCUT2D eigenvalue weighted by atomic mass is 16.5. The second kappa shape index (κ2) is 8.33. The van der Waals surface area contributed by atoms with E-state index in [1.54, 1.807) is 4.68 Å². The highest BCUT2D eigenvalue weighted by Gasteiger charge is 2.14. The lowest BCUT2D eigenvalue weighted by Crippen LogP contribution is -2.09. The molecular formula is C18H24N4O. The van der Waals surface area contributed by atoms with Crippen LogP contribution in [0.4, 0.5) is 0 Å². The third-order valence-electron chi connectivity index (χ3n) is 4.09. The van der Waals surface area contributed by atoms with Crippen molar-refractivity contribution in [2.24, 2.45) is 0 Å². The molecule has 0 amide bonds. The van der Waals surface area contributed by atoms with Crippen molar-refractivity contribution in [3.05, 3.63) is 40.7 Å². The maximum atomic E-state index is 9.22. The van der Waals surface area contributed by atoms with Crippen LogP contribution >= 0.6 is 0 Å². The Labute approximate surface area is 137 Å². The average molecular weight is 312 g/mol. The van der Waals surface area contributed by atoms with Gasteiger partial charge in [-0.15, -0.1) is 5.10 Å². The van der Waals surface area contributed by atoms with Crippen LogP contribution in [0.2, 0.25) is 0 Å². The van der Waals surface area contributed by atoms with Gasteiger partial charge in [-0.3, -0.25) is 0 Å². The summed E-state index contributed by atoms with van der Waals surface area (Å²) in [6.45, 7) is 7.37. The zero-order chi connectivity index (χ0) is 16.7. The summed E-state index contributed by atoms with van der Waals surface area (Å²) in [6.07, 6.45) is 4.62. The predicted molar refractivity (Wildman–Crippen MR) is 89.1 cm³/mol. The molecule has 0 aliphatic carbocycles. The molecule has 0 N–H and O–H groups in total. The molecule has 0 saturated carbocycles. The van der Waals surface area contributed by atoms with E-state index in [0.29, 0.717) is 12.3 Å². The molecule has 1 heterocycles. The maximum absolute atomic E-state index is 9.22. The van der Waals surface area contributed by atoms with Crippen molar-refractivity contribution in [3.8, 4) is 11.8 Å². The fourth-order valence-corrected chi connectivity index (χ4v) is 2.46. The van der Waals surface area contributed by atoms with Gasteiger partial charge >= 0.3 is 0 Å². The third-order valence-corrected chi connectivity index (χ3v) is 4.09. The van der Waals surface area contributed by atoms with Crippen LogP contribution < -0.4 is 4.74 Å². The number of rotatable bonds is 8. The molecule has 0 fully saturated rings. The number of aryl methyl sites for hydroxylation is 2. The molecule has 2 rings (SSSR count). The van der Waals surface area contributed by atoms with Crippen LogP contribution in [0.25, 0.3) is 0 Å². The molecule has 1 aromatic heterocycles. The second-order valence-electron chi connectivity index (χ2n) is 5.77. The molecule has 0 saturated heterocycles. The van der Waals surface area contributed by atoms with Gasteiger partial charge in [-0.05, 0) is 37.5 Å². The molecule has 1 aromatic carbocycles. The molecule has 0 aliphatic rings. The van der Waals surface area contributed by atoms with E-state index in [4.69, 9.17) is 4.74 Å². The molecular weight excluding hydrogens is 288 g/mol. The fourth-order valence-electron chi connectivity index (χ4n) is 2.46. The van der Waals surface area contributed by atoms with E-state index >= 15 is 0 Å². The summed E-state index contributed by atoms with van der Waals surface area (Å²) in [7, 11) is 0. The van der Waals surface area contributed by atoms with Gasteiger partial charge in [0.15, 0.2) is 5.69 Å².